The molecule has 5 heteroatoms. The number of nitrogens with one attached hydrogen (secondary N) is 1. The average Bonchev–Trinajstić information content (AvgIpc) is 2.83. The zero-order valence-electron chi connectivity index (χ0n) is 8.86. The molecule has 17 heavy (non-hydrogen) atoms. The molecule has 0 amide bonds. The van der Waals surface area contributed by atoms with Gasteiger partial charge in [-0.25, -0.2) is 4.39 Å². The summed E-state index contributed by atoms with van der Waals surface area (Å²) in [6.07, 6.45) is -0.645. The minimum absolute atomic E-state index is 0.248. The third-order valence-electron chi connectivity index (χ3n) is 2.29. The van der Waals surface area contributed by atoms with Crippen molar-refractivity contribution in [3.05, 3.63) is 51.4 Å². The Balaban J connectivity index is 2.00. The van der Waals surface area contributed by atoms with E-state index >= 15 is 0 Å². The fourth-order valence-corrected chi connectivity index (χ4v) is 2.30. The molecule has 1 atom stereocenters. The predicted octanol–water partition coefficient (Wildman–Crippen LogP) is 3.69. The van der Waals surface area contributed by atoms with Crippen molar-refractivity contribution in [2.45, 2.75) is 6.10 Å². The minimum Gasteiger partial charge on any atom is -0.386 e. The molecule has 0 spiro atoms. The molecule has 0 aliphatic carbocycles. The van der Waals surface area contributed by atoms with Crippen molar-refractivity contribution in [1.29, 1.82) is 0 Å². The number of aliphatic hydroxyl groups excluding tert-OH is 1. The van der Waals surface area contributed by atoms with Gasteiger partial charge in [-0.1, -0.05) is 17.7 Å². The third kappa shape index (κ3) is 3.19. The lowest BCUT2D eigenvalue weighted by molar-refractivity contribution is 0.195. The highest BCUT2D eigenvalue weighted by Gasteiger charge is 2.09. The van der Waals surface area contributed by atoms with Gasteiger partial charge < -0.3 is 10.4 Å². The molecule has 1 unspecified atom stereocenters. The molecule has 1 aromatic heterocycles. The van der Waals surface area contributed by atoms with Crippen molar-refractivity contribution in [3.63, 3.8) is 0 Å². The molecule has 1 aromatic carbocycles. The zero-order chi connectivity index (χ0) is 12.3. The van der Waals surface area contributed by atoms with E-state index in [9.17, 15) is 9.50 Å². The van der Waals surface area contributed by atoms with Crippen LogP contribution in [0.25, 0.3) is 0 Å². The second kappa shape index (κ2) is 5.49. The van der Waals surface area contributed by atoms with E-state index in [1.165, 1.54) is 29.5 Å². The molecule has 1 heterocycles. The SMILES string of the molecule is OC(CNc1cc(Cl)ccc1F)c1cccs1. The van der Waals surface area contributed by atoms with Crippen LogP contribution in [0, 0.1) is 5.82 Å². The molecule has 0 saturated heterocycles. The Kier molecular flexibility index (Phi) is 3.99. The fourth-order valence-electron chi connectivity index (χ4n) is 1.42. The van der Waals surface area contributed by atoms with E-state index < -0.39 is 6.10 Å². The first-order valence-electron chi connectivity index (χ1n) is 5.07. The predicted molar refractivity (Wildman–Crippen MR) is 69.2 cm³/mol. The van der Waals surface area contributed by atoms with E-state index in [1.807, 2.05) is 17.5 Å². The van der Waals surface area contributed by atoms with E-state index in [0.717, 1.165) is 4.88 Å². The lowest BCUT2D eigenvalue weighted by Gasteiger charge is -2.12. The van der Waals surface area contributed by atoms with E-state index in [0.29, 0.717) is 10.7 Å². The molecule has 0 radical (unpaired) electrons. The number of hydrogen-bond donors (Lipinski definition) is 2. The van der Waals surface area contributed by atoms with E-state index in [4.69, 9.17) is 11.6 Å². The van der Waals surface area contributed by atoms with Crippen LogP contribution in [0.2, 0.25) is 5.02 Å². The summed E-state index contributed by atoms with van der Waals surface area (Å²) in [5, 5.41) is 15.0. The van der Waals surface area contributed by atoms with Gasteiger partial charge in [0.05, 0.1) is 5.69 Å². The lowest BCUT2D eigenvalue weighted by atomic mass is 10.2. The number of thiophene rings is 1. The first-order valence-corrected chi connectivity index (χ1v) is 6.33. The number of aliphatic hydroxyl groups is 1. The average molecular weight is 272 g/mol. The van der Waals surface area contributed by atoms with Gasteiger partial charge in [0.25, 0.3) is 0 Å². The number of rotatable bonds is 4. The Morgan fingerprint density at radius 3 is 2.94 bits per heavy atom. The van der Waals surface area contributed by atoms with Gasteiger partial charge in [-0.3, -0.25) is 0 Å². The topological polar surface area (TPSA) is 32.3 Å². The van der Waals surface area contributed by atoms with Crippen LogP contribution in [0.1, 0.15) is 11.0 Å². The summed E-state index contributed by atoms with van der Waals surface area (Å²) in [4.78, 5) is 0.847. The van der Waals surface area contributed by atoms with Gasteiger partial charge in [0.15, 0.2) is 0 Å². The molecule has 2 aromatic rings. The summed E-state index contributed by atoms with van der Waals surface area (Å²) in [6, 6.07) is 7.98. The van der Waals surface area contributed by atoms with Gasteiger partial charge in [-0.05, 0) is 29.6 Å². The van der Waals surface area contributed by atoms with Crippen LogP contribution in [0.5, 0.6) is 0 Å². The van der Waals surface area contributed by atoms with Crippen molar-refractivity contribution < 1.29 is 9.50 Å². The van der Waals surface area contributed by atoms with Crippen LogP contribution in [0.15, 0.2) is 35.7 Å². The van der Waals surface area contributed by atoms with Gasteiger partial charge in [0.2, 0.25) is 0 Å². The zero-order valence-corrected chi connectivity index (χ0v) is 10.4. The fraction of sp³-hybridized carbons (Fsp3) is 0.167. The first-order chi connectivity index (χ1) is 8.16. The highest BCUT2D eigenvalue weighted by molar-refractivity contribution is 7.10. The van der Waals surface area contributed by atoms with Crippen LogP contribution >= 0.6 is 22.9 Å². The number of hydrogen-bond acceptors (Lipinski definition) is 3. The summed E-state index contributed by atoms with van der Waals surface area (Å²) < 4.78 is 13.4. The molecule has 0 fully saturated rings. The van der Waals surface area contributed by atoms with E-state index in [-0.39, 0.29) is 12.4 Å². The largest absolute Gasteiger partial charge is 0.386 e. The Bertz CT molecular complexity index is 489. The molecule has 2 N–H and O–H groups in total. The number of anilines is 1. The highest BCUT2D eigenvalue weighted by atomic mass is 35.5. The van der Waals surface area contributed by atoms with Gasteiger partial charge in [0.1, 0.15) is 11.9 Å². The van der Waals surface area contributed by atoms with Crippen LogP contribution < -0.4 is 5.32 Å². The summed E-state index contributed by atoms with van der Waals surface area (Å²) >= 11 is 7.23. The summed E-state index contributed by atoms with van der Waals surface area (Å²) in [5.74, 6) is -0.382. The summed E-state index contributed by atoms with van der Waals surface area (Å²) in [6.45, 7) is 0.248. The maximum absolute atomic E-state index is 13.4. The third-order valence-corrected chi connectivity index (χ3v) is 3.49. The minimum atomic E-state index is -0.645. The molecular weight excluding hydrogens is 261 g/mol. The van der Waals surface area contributed by atoms with Crippen molar-refractivity contribution in [2.75, 3.05) is 11.9 Å². The summed E-state index contributed by atoms with van der Waals surface area (Å²) in [7, 11) is 0. The van der Waals surface area contributed by atoms with Crippen LogP contribution in [0.4, 0.5) is 10.1 Å². The van der Waals surface area contributed by atoms with Crippen molar-refractivity contribution in [3.8, 4) is 0 Å². The number of halogens is 2. The van der Waals surface area contributed by atoms with E-state index in [1.54, 1.807) is 0 Å². The Hall–Kier alpha value is -1.10. The Morgan fingerprint density at radius 1 is 1.41 bits per heavy atom. The van der Waals surface area contributed by atoms with Gasteiger partial charge in [-0.2, -0.15) is 0 Å². The van der Waals surface area contributed by atoms with Crippen molar-refractivity contribution >= 4 is 28.6 Å². The van der Waals surface area contributed by atoms with Crippen LogP contribution in [-0.2, 0) is 0 Å². The number of benzene rings is 1. The second-order valence-electron chi connectivity index (χ2n) is 3.54. The molecular formula is C12H11ClFNOS. The molecule has 2 nitrogen and oxygen atoms in total. The smallest absolute Gasteiger partial charge is 0.146 e. The van der Waals surface area contributed by atoms with E-state index in [2.05, 4.69) is 5.32 Å². The normalized spacial score (nSPS) is 12.4. The highest BCUT2D eigenvalue weighted by Crippen LogP contribution is 2.22. The van der Waals surface area contributed by atoms with Gasteiger partial charge >= 0.3 is 0 Å². The standard InChI is InChI=1S/C12H11ClFNOS/c13-8-3-4-9(14)10(6-8)15-7-11(16)12-2-1-5-17-12/h1-6,11,15-16H,7H2. The maximum Gasteiger partial charge on any atom is 0.146 e. The molecule has 0 bridgehead atoms. The summed E-state index contributed by atoms with van der Waals surface area (Å²) in [5.41, 5.74) is 0.299. The van der Waals surface area contributed by atoms with Gasteiger partial charge in [-0.15, -0.1) is 11.3 Å². The van der Waals surface area contributed by atoms with Crippen LogP contribution in [-0.4, -0.2) is 11.7 Å². The Morgan fingerprint density at radius 2 is 2.24 bits per heavy atom. The monoisotopic (exact) mass is 271 g/mol. The molecule has 90 valence electrons. The van der Waals surface area contributed by atoms with Gasteiger partial charge in [0, 0.05) is 16.4 Å². The molecule has 0 aliphatic rings. The second-order valence-corrected chi connectivity index (χ2v) is 4.95. The first kappa shape index (κ1) is 12.4. The maximum atomic E-state index is 13.4. The molecule has 2 rings (SSSR count). The molecule has 0 aliphatic heterocycles. The Labute approximate surface area is 108 Å². The lowest BCUT2D eigenvalue weighted by Crippen LogP contribution is -2.11. The quantitative estimate of drug-likeness (QED) is 0.889. The van der Waals surface area contributed by atoms with Crippen LogP contribution in [0.3, 0.4) is 0 Å². The van der Waals surface area contributed by atoms with Crippen molar-refractivity contribution in [1.82, 2.24) is 0 Å². The van der Waals surface area contributed by atoms with Crippen molar-refractivity contribution in [2.24, 2.45) is 0 Å². The molecule has 0 saturated carbocycles.